The maximum absolute atomic E-state index is 10.6. The molecule has 2 aromatic rings. The van der Waals surface area contributed by atoms with Crippen LogP contribution in [0.5, 0.6) is 0 Å². The SMILES string of the molecule is O=[N+]([O-])c1ccc(CC(O)c2cc(Cl)ccc2I)cc1. The van der Waals surface area contributed by atoms with Gasteiger partial charge in [-0.3, -0.25) is 10.1 Å². The Morgan fingerprint density at radius 2 is 1.90 bits per heavy atom. The standard InChI is InChI=1S/C14H11ClINO3/c15-10-3-6-13(16)12(8-10)14(18)7-9-1-4-11(5-2-9)17(19)20/h1-6,8,14,18H,7H2. The van der Waals surface area contributed by atoms with Crippen LogP contribution in [0.15, 0.2) is 42.5 Å². The van der Waals surface area contributed by atoms with Gasteiger partial charge in [0, 0.05) is 27.1 Å². The van der Waals surface area contributed by atoms with E-state index in [2.05, 4.69) is 22.6 Å². The van der Waals surface area contributed by atoms with Crippen molar-refractivity contribution in [1.29, 1.82) is 0 Å². The van der Waals surface area contributed by atoms with Gasteiger partial charge in [0.05, 0.1) is 11.0 Å². The van der Waals surface area contributed by atoms with Crippen LogP contribution in [-0.4, -0.2) is 10.0 Å². The van der Waals surface area contributed by atoms with Crippen molar-refractivity contribution in [3.05, 3.63) is 72.3 Å². The molecule has 0 amide bonds. The molecule has 2 rings (SSSR count). The number of hydrogen-bond acceptors (Lipinski definition) is 3. The number of halogens is 2. The predicted octanol–water partition coefficient (Wildman–Crippen LogP) is 4.13. The van der Waals surface area contributed by atoms with Gasteiger partial charge in [-0.25, -0.2) is 0 Å². The summed E-state index contributed by atoms with van der Waals surface area (Å²) in [5.41, 5.74) is 1.64. The molecular formula is C14H11ClINO3. The molecule has 0 aliphatic heterocycles. The lowest BCUT2D eigenvalue weighted by Crippen LogP contribution is -2.04. The van der Waals surface area contributed by atoms with Crippen LogP contribution in [0.2, 0.25) is 5.02 Å². The molecule has 0 heterocycles. The van der Waals surface area contributed by atoms with Gasteiger partial charge < -0.3 is 5.11 Å². The summed E-state index contributed by atoms with van der Waals surface area (Å²) in [6.07, 6.45) is -0.309. The fourth-order valence-electron chi connectivity index (χ4n) is 1.86. The van der Waals surface area contributed by atoms with Crippen LogP contribution in [0, 0.1) is 13.7 Å². The van der Waals surface area contributed by atoms with Gasteiger partial charge in [-0.1, -0.05) is 23.7 Å². The Balaban J connectivity index is 2.16. The molecule has 0 aliphatic rings. The number of benzene rings is 2. The average Bonchev–Trinajstić information content (AvgIpc) is 2.42. The molecule has 0 fully saturated rings. The number of rotatable bonds is 4. The topological polar surface area (TPSA) is 63.4 Å². The Bertz CT molecular complexity index is 631. The van der Waals surface area contributed by atoms with Gasteiger partial charge in [-0.2, -0.15) is 0 Å². The van der Waals surface area contributed by atoms with E-state index in [1.807, 2.05) is 6.07 Å². The minimum Gasteiger partial charge on any atom is -0.388 e. The third-order valence-electron chi connectivity index (χ3n) is 2.89. The van der Waals surface area contributed by atoms with E-state index in [4.69, 9.17) is 11.6 Å². The maximum Gasteiger partial charge on any atom is 0.269 e. The largest absolute Gasteiger partial charge is 0.388 e. The summed E-state index contributed by atoms with van der Waals surface area (Å²) in [5, 5.41) is 21.4. The van der Waals surface area contributed by atoms with E-state index >= 15 is 0 Å². The number of nitrogens with zero attached hydrogens (tertiary/aromatic N) is 1. The Morgan fingerprint density at radius 3 is 2.50 bits per heavy atom. The number of aliphatic hydroxyl groups is 1. The molecule has 0 aliphatic carbocycles. The zero-order valence-corrected chi connectivity index (χ0v) is 13.2. The van der Waals surface area contributed by atoms with E-state index in [9.17, 15) is 15.2 Å². The second kappa shape index (κ2) is 6.51. The second-order valence-corrected chi connectivity index (χ2v) is 5.91. The van der Waals surface area contributed by atoms with Gasteiger partial charge in [-0.05, 0) is 51.9 Å². The molecule has 20 heavy (non-hydrogen) atoms. The first kappa shape index (κ1) is 15.2. The van der Waals surface area contributed by atoms with E-state index in [0.717, 1.165) is 14.7 Å². The Labute approximate surface area is 134 Å². The average molecular weight is 404 g/mol. The molecule has 0 bridgehead atoms. The zero-order valence-electron chi connectivity index (χ0n) is 10.3. The molecule has 6 heteroatoms. The van der Waals surface area contributed by atoms with E-state index in [-0.39, 0.29) is 5.69 Å². The van der Waals surface area contributed by atoms with Crippen molar-refractivity contribution < 1.29 is 10.0 Å². The van der Waals surface area contributed by atoms with Crippen molar-refractivity contribution in [2.24, 2.45) is 0 Å². The van der Waals surface area contributed by atoms with Crippen LogP contribution < -0.4 is 0 Å². The first-order chi connectivity index (χ1) is 9.47. The lowest BCUT2D eigenvalue weighted by Gasteiger charge is -2.13. The molecule has 4 nitrogen and oxygen atoms in total. The molecule has 2 aromatic carbocycles. The van der Waals surface area contributed by atoms with Crippen LogP contribution in [0.4, 0.5) is 5.69 Å². The van der Waals surface area contributed by atoms with Crippen LogP contribution in [0.3, 0.4) is 0 Å². The summed E-state index contributed by atoms with van der Waals surface area (Å²) >= 11 is 8.07. The smallest absolute Gasteiger partial charge is 0.269 e. The molecule has 104 valence electrons. The minimum atomic E-state index is -0.693. The van der Waals surface area contributed by atoms with Gasteiger partial charge >= 0.3 is 0 Å². The van der Waals surface area contributed by atoms with Gasteiger partial charge in [0.1, 0.15) is 0 Å². The fourth-order valence-corrected chi connectivity index (χ4v) is 2.73. The van der Waals surface area contributed by atoms with E-state index < -0.39 is 11.0 Å². The number of aliphatic hydroxyl groups excluding tert-OH is 1. The highest BCUT2D eigenvalue weighted by Crippen LogP contribution is 2.26. The summed E-state index contributed by atoms with van der Waals surface area (Å²) in [4.78, 5) is 10.1. The van der Waals surface area contributed by atoms with Gasteiger partial charge in [0.25, 0.3) is 5.69 Å². The Hall–Kier alpha value is -1.18. The van der Waals surface area contributed by atoms with E-state index in [1.54, 1.807) is 24.3 Å². The van der Waals surface area contributed by atoms with Crippen molar-refractivity contribution in [2.75, 3.05) is 0 Å². The van der Waals surface area contributed by atoms with Crippen molar-refractivity contribution >= 4 is 39.9 Å². The Morgan fingerprint density at radius 1 is 1.25 bits per heavy atom. The van der Waals surface area contributed by atoms with Gasteiger partial charge in [0.15, 0.2) is 0 Å². The highest BCUT2D eigenvalue weighted by atomic mass is 127. The summed E-state index contributed by atoms with van der Waals surface area (Å²) in [5.74, 6) is 0. The number of nitro benzene ring substituents is 1. The zero-order chi connectivity index (χ0) is 14.7. The number of non-ortho nitro benzene ring substituents is 1. The third-order valence-corrected chi connectivity index (χ3v) is 4.11. The molecule has 0 radical (unpaired) electrons. The quantitative estimate of drug-likeness (QED) is 0.474. The van der Waals surface area contributed by atoms with Gasteiger partial charge in [0.2, 0.25) is 0 Å². The molecule has 0 aromatic heterocycles. The molecule has 0 saturated heterocycles. The molecule has 1 atom stereocenters. The van der Waals surface area contributed by atoms with Crippen LogP contribution >= 0.6 is 34.2 Å². The predicted molar refractivity (Wildman–Crippen MR) is 85.9 cm³/mol. The number of hydrogen-bond donors (Lipinski definition) is 1. The molecule has 1 N–H and O–H groups in total. The van der Waals surface area contributed by atoms with Crippen LogP contribution in [0.1, 0.15) is 17.2 Å². The number of nitro groups is 1. The molecule has 0 saturated carbocycles. The van der Waals surface area contributed by atoms with Gasteiger partial charge in [-0.15, -0.1) is 0 Å². The van der Waals surface area contributed by atoms with Crippen LogP contribution in [0.25, 0.3) is 0 Å². The summed E-state index contributed by atoms with van der Waals surface area (Å²) in [6, 6.07) is 11.5. The molecule has 1 unspecified atom stereocenters. The van der Waals surface area contributed by atoms with Crippen LogP contribution in [-0.2, 0) is 6.42 Å². The summed E-state index contributed by atoms with van der Waals surface area (Å²) in [7, 11) is 0. The van der Waals surface area contributed by atoms with Crippen molar-refractivity contribution in [3.63, 3.8) is 0 Å². The third kappa shape index (κ3) is 3.68. The fraction of sp³-hybridized carbons (Fsp3) is 0.143. The second-order valence-electron chi connectivity index (χ2n) is 4.31. The van der Waals surface area contributed by atoms with Crippen molar-refractivity contribution in [1.82, 2.24) is 0 Å². The minimum absolute atomic E-state index is 0.0422. The summed E-state index contributed by atoms with van der Waals surface area (Å²) in [6.45, 7) is 0. The maximum atomic E-state index is 10.6. The van der Waals surface area contributed by atoms with Crippen molar-refractivity contribution in [2.45, 2.75) is 12.5 Å². The molecular weight excluding hydrogens is 393 g/mol. The monoisotopic (exact) mass is 403 g/mol. The van der Waals surface area contributed by atoms with E-state index in [0.29, 0.717) is 11.4 Å². The molecule has 0 spiro atoms. The highest BCUT2D eigenvalue weighted by molar-refractivity contribution is 14.1. The normalized spacial score (nSPS) is 12.2. The lowest BCUT2D eigenvalue weighted by atomic mass is 10.0. The lowest BCUT2D eigenvalue weighted by molar-refractivity contribution is -0.384. The highest BCUT2D eigenvalue weighted by Gasteiger charge is 2.13. The first-order valence-electron chi connectivity index (χ1n) is 5.83. The first-order valence-corrected chi connectivity index (χ1v) is 7.29. The van der Waals surface area contributed by atoms with Crippen molar-refractivity contribution in [3.8, 4) is 0 Å². The Kier molecular flexibility index (Phi) is 4.95. The summed E-state index contributed by atoms with van der Waals surface area (Å²) < 4.78 is 0.932. The van der Waals surface area contributed by atoms with E-state index in [1.165, 1.54) is 12.1 Å².